The van der Waals surface area contributed by atoms with Crippen LogP contribution in [0.2, 0.25) is 0 Å². The molecule has 1 atom stereocenters. The van der Waals surface area contributed by atoms with Crippen LogP contribution in [0.5, 0.6) is 0 Å². The van der Waals surface area contributed by atoms with Gasteiger partial charge in [0.1, 0.15) is 5.82 Å². The average molecular weight is 276 g/mol. The Labute approximate surface area is 119 Å². The van der Waals surface area contributed by atoms with Crippen molar-refractivity contribution < 1.29 is 4.39 Å². The van der Waals surface area contributed by atoms with E-state index in [9.17, 15) is 4.39 Å². The van der Waals surface area contributed by atoms with Crippen LogP contribution in [0.1, 0.15) is 44.0 Å². The van der Waals surface area contributed by atoms with Gasteiger partial charge in [0, 0.05) is 6.54 Å². The summed E-state index contributed by atoms with van der Waals surface area (Å²) in [6.07, 6.45) is 3.82. The molecule has 0 saturated carbocycles. The average Bonchev–Trinajstić information content (AvgIpc) is 2.90. The molecular weight excluding hydrogens is 255 g/mol. The zero-order valence-electron chi connectivity index (χ0n) is 12.0. The molecule has 20 heavy (non-hydrogen) atoms. The van der Waals surface area contributed by atoms with E-state index in [1.54, 1.807) is 6.20 Å². The van der Waals surface area contributed by atoms with E-state index in [1.165, 1.54) is 12.1 Å². The van der Waals surface area contributed by atoms with Crippen LogP contribution in [0.4, 0.5) is 4.39 Å². The highest BCUT2D eigenvalue weighted by atomic mass is 19.1. The van der Waals surface area contributed by atoms with Crippen LogP contribution in [0.25, 0.3) is 0 Å². The van der Waals surface area contributed by atoms with E-state index in [2.05, 4.69) is 29.5 Å². The number of halogens is 1. The molecule has 0 amide bonds. The lowest BCUT2D eigenvalue weighted by Crippen LogP contribution is -2.26. The number of hydrogen-bond acceptors (Lipinski definition) is 3. The fraction of sp³-hybridized carbons (Fsp3) is 0.467. The van der Waals surface area contributed by atoms with Crippen molar-refractivity contribution >= 4 is 0 Å². The quantitative estimate of drug-likeness (QED) is 0.845. The minimum atomic E-state index is -0.219. The Balaban J connectivity index is 2.31. The molecular formula is C15H21FN4. The van der Waals surface area contributed by atoms with Crippen LogP contribution in [-0.2, 0) is 6.54 Å². The van der Waals surface area contributed by atoms with Crippen LogP contribution in [-0.4, -0.2) is 21.5 Å². The molecule has 1 heterocycles. The van der Waals surface area contributed by atoms with E-state index in [-0.39, 0.29) is 11.9 Å². The predicted octanol–water partition coefficient (Wildman–Crippen LogP) is 2.92. The first kappa shape index (κ1) is 14.7. The summed E-state index contributed by atoms with van der Waals surface area (Å²) in [5, 5.41) is 11.6. The van der Waals surface area contributed by atoms with E-state index in [1.807, 2.05) is 16.8 Å². The largest absolute Gasteiger partial charge is 0.305 e. The van der Waals surface area contributed by atoms with Crippen molar-refractivity contribution in [2.75, 3.05) is 6.54 Å². The Morgan fingerprint density at radius 3 is 2.60 bits per heavy atom. The zero-order valence-corrected chi connectivity index (χ0v) is 12.0. The van der Waals surface area contributed by atoms with Gasteiger partial charge in [0.2, 0.25) is 0 Å². The number of rotatable bonds is 7. The first-order chi connectivity index (χ1) is 9.76. The van der Waals surface area contributed by atoms with Crippen LogP contribution >= 0.6 is 0 Å². The van der Waals surface area contributed by atoms with Crippen molar-refractivity contribution in [2.45, 2.75) is 39.3 Å². The fourth-order valence-corrected chi connectivity index (χ4v) is 2.21. The van der Waals surface area contributed by atoms with E-state index < -0.39 is 0 Å². The number of hydrogen-bond donors (Lipinski definition) is 1. The summed E-state index contributed by atoms with van der Waals surface area (Å²) in [4.78, 5) is 0. The second-order valence-corrected chi connectivity index (χ2v) is 4.82. The lowest BCUT2D eigenvalue weighted by molar-refractivity contribution is 0.503. The third kappa shape index (κ3) is 3.42. The minimum Gasteiger partial charge on any atom is -0.305 e. The number of benzene rings is 1. The maximum atomic E-state index is 13.1. The first-order valence-corrected chi connectivity index (χ1v) is 7.13. The van der Waals surface area contributed by atoms with Gasteiger partial charge in [0.15, 0.2) is 0 Å². The molecule has 2 aromatic rings. The maximum absolute atomic E-state index is 13.1. The fourth-order valence-electron chi connectivity index (χ4n) is 2.21. The van der Waals surface area contributed by atoms with Crippen LogP contribution in [0.15, 0.2) is 30.5 Å². The van der Waals surface area contributed by atoms with Crippen molar-refractivity contribution in [3.05, 3.63) is 47.5 Å². The summed E-state index contributed by atoms with van der Waals surface area (Å²) in [6.45, 7) is 5.95. The van der Waals surface area contributed by atoms with Gasteiger partial charge >= 0.3 is 0 Å². The molecule has 108 valence electrons. The molecule has 0 saturated heterocycles. The van der Waals surface area contributed by atoms with E-state index in [0.717, 1.165) is 37.2 Å². The molecule has 5 heteroatoms. The number of aryl methyl sites for hydroxylation is 1. The smallest absolute Gasteiger partial charge is 0.123 e. The Kier molecular flexibility index (Phi) is 5.24. The molecule has 1 N–H and O–H groups in total. The molecule has 1 aromatic heterocycles. The maximum Gasteiger partial charge on any atom is 0.123 e. The molecule has 2 rings (SSSR count). The molecule has 1 aromatic carbocycles. The molecule has 0 aliphatic heterocycles. The Hall–Kier alpha value is -1.75. The SMILES string of the molecule is CCCNC(c1ccc(F)cc1)c1cnnn1CCC. The third-order valence-corrected chi connectivity index (χ3v) is 3.18. The summed E-state index contributed by atoms with van der Waals surface area (Å²) in [7, 11) is 0. The molecule has 0 fully saturated rings. The summed E-state index contributed by atoms with van der Waals surface area (Å²) in [5.74, 6) is -0.219. The molecule has 0 spiro atoms. The van der Waals surface area contributed by atoms with E-state index in [0.29, 0.717) is 0 Å². The molecule has 0 radical (unpaired) electrons. The van der Waals surface area contributed by atoms with Crippen molar-refractivity contribution in [3.63, 3.8) is 0 Å². The summed E-state index contributed by atoms with van der Waals surface area (Å²) in [6, 6.07) is 6.60. The van der Waals surface area contributed by atoms with Crippen LogP contribution in [0, 0.1) is 5.82 Å². The Morgan fingerprint density at radius 2 is 1.95 bits per heavy atom. The molecule has 0 aliphatic carbocycles. The lowest BCUT2D eigenvalue weighted by atomic mass is 10.0. The van der Waals surface area contributed by atoms with Gasteiger partial charge in [-0.05, 0) is 37.1 Å². The molecule has 0 bridgehead atoms. The molecule has 4 nitrogen and oxygen atoms in total. The van der Waals surface area contributed by atoms with Crippen molar-refractivity contribution in [1.29, 1.82) is 0 Å². The van der Waals surface area contributed by atoms with Gasteiger partial charge in [0.05, 0.1) is 17.9 Å². The monoisotopic (exact) mass is 276 g/mol. The Bertz CT molecular complexity index is 521. The minimum absolute atomic E-state index is 0.00269. The highest BCUT2D eigenvalue weighted by Gasteiger charge is 2.18. The molecule has 0 aliphatic rings. The normalized spacial score (nSPS) is 12.6. The first-order valence-electron chi connectivity index (χ1n) is 7.13. The number of nitrogens with zero attached hydrogens (tertiary/aromatic N) is 3. The van der Waals surface area contributed by atoms with Gasteiger partial charge in [-0.1, -0.05) is 31.2 Å². The zero-order chi connectivity index (χ0) is 14.4. The van der Waals surface area contributed by atoms with Gasteiger partial charge < -0.3 is 5.32 Å². The van der Waals surface area contributed by atoms with E-state index in [4.69, 9.17) is 0 Å². The Morgan fingerprint density at radius 1 is 1.20 bits per heavy atom. The predicted molar refractivity (Wildman–Crippen MR) is 76.8 cm³/mol. The summed E-state index contributed by atoms with van der Waals surface area (Å²) in [5.41, 5.74) is 2.05. The van der Waals surface area contributed by atoms with Gasteiger partial charge in [-0.15, -0.1) is 5.10 Å². The summed E-state index contributed by atoms with van der Waals surface area (Å²) >= 11 is 0. The standard InChI is InChI=1S/C15H21FN4/c1-3-9-17-15(12-5-7-13(16)8-6-12)14-11-18-19-20(14)10-4-2/h5-8,11,15,17H,3-4,9-10H2,1-2H3. The van der Waals surface area contributed by atoms with Gasteiger partial charge in [-0.2, -0.15) is 0 Å². The lowest BCUT2D eigenvalue weighted by Gasteiger charge is -2.19. The number of aromatic nitrogens is 3. The van der Waals surface area contributed by atoms with Crippen molar-refractivity contribution in [3.8, 4) is 0 Å². The second-order valence-electron chi connectivity index (χ2n) is 4.82. The van der Waals surface area contributed by atoms with Crippen LogP contribution < -0.4 is 5.32 Å². The van der Waals surface area contributed by atoms with E-state index >= 15 is 0 Å². The second kappa shape index (κ2) is 7.14. The van der Waals surface area contributed by atoms with Gasteiger partial charge in [-0.3, -0.25) is 0 Å². The summed E-state index contributed by atoms with van der Waals surface area (Å²) < 4.78 is 15.0. The third-order valence-electron chi connectivity index (χ3n) is 3.18. The van der Waals surface area contributed by atoms with Crippen molar-refractivity contribution in [1.82, 2.24) is 20.3 Å². The topological polar surface area (TPSA) is 42.7 Å². The highest BCUT2D eigenvalue weighted by Crippen LogP contribution is 2.21. The molecule has 1 unspecified atom stereocenters. The van der Waals surface area contributed by atoms with Crippen molar-refractivity contribution in [2.24, 2.45) is 0 Å². The number of nitrogens with one attached hydrogen (secondary N) is 1. The van der Waals surface area contributed by atoms with Crippen LogP contribution in [0.3, 0.4) is 0 Å². The van der Waals surface area contributed by atoms with Gasteiger partial charge in [0.25, 0.3) is 0 Å². The highest BCUT2D eigenvalue weighted by molar-refractivity contribution is 5.27. The van der Waals surface area contributed by atoms with Gasteiger partial charge in [-0.25, -0.2) is 9.07 Å².